The van der Waals surface area contributed by atoms with Gasteiger partial charge in [-0.25, -0.2) is 0 Å². The SMILES string of the molecule is CC1CCCCN1[C@@H](C)COc1ccccc1Cc1ccccc1.CC1CCCCN1[C@H](C)COc1ccccc1Cc1ccccc1.C[C@@H]1CCCCN1[C@H](C)COc1ccccc1Cc1ccccc1.C[C@H](COc1ccccc1Cc1ccccc1)N1CCCC[C@@H]1C. The molecule has 8 aromatic rings. The van der Waals surface area contributed by atoms with Crippen molar-refractivity contribution in [1.82, 2.24) is 19.6 Å². The lowest BCUT2D eigenvalue weighted by molar-refractivity contribution is 0.0814. The Balaban J connectivity index is 0.000000150. The molecule has 0 aliphatic carbocycles. The van der Waals surface area contributed by atoms with Crippen LogP contribution in [-0.2, 0) is 25.7 Å². The summed E-state index contributed by atoms with van der Waals surface area (Å²) in [4.78, 5) is 10.4. The molecule has 12 rings (SSSR count). The highest BCUT2D eigenvalue weighted by Gasteiger charge is 2.27. The van der Waals surface area contributed by atoms with Crippen LogP contribution in [0, 0.1) is 0 Å². The monoisotopic (exact) mass is 1290 g/mol. The van der Waals surface area contributed by atoms with Gasteiger partial charge in [-0.2, -0.15) is 0 Å². The Bertz CT molecular complexity index is 2950. The molecule has 8 atom stereocenters. The maximum atomic E-state index is 6.23. The van der Waals surface area contributed by atoms with Crippen LogP contribution in [0.2, 0.25) is 0 Å². The zero-order chi connectivity index (χ0) is 67.1. The van der Waals surface area contributed by atoms with E-state index in [0.717, 1.165) is 75.1 Å². The first kappa shape index (κ1) is 73.1. The maximum Gasteiger partial charge on any atom is 0.122 e. The average molecular weight is 1290 g/mol. The first-order chi connectivity index (χ1) is 46.9. The Morgan fingerprint density at radius 3 is 0.646 bits per heavy atom. The van der Waals surface area contributed by atoms with Crippen molar-refractivity contribution in [2.75, 3.05) is 52.6 Å². The third-order valence-corrected chi connectivity index (χ3v) is 20.4. The molecule has 4 fully saturated rings. The van der Waals surface area contributed by atoms with Crippen LogP contribution in [0.1, 0.15) is 177 Å². The quantitative estimate of drug-likeness (QED) is 0.0593. The molecule has 2 unspecified atom stereocenters. The molecule has 4 aliphatic rings. The van der Waals surface area contributed by atoms with Crippen LogP contribution in [0.15, 0.2) is 218 Å². The van der Waals surface area contributed by atoms with Crippen molar-refractivity contribution in [3.63, 3.8) is 0 Å². The van der Waals surface area contributed by atoms with Crippen molar-refractivity contribution in [3.8, 4) is 23.0 Å². The Morgan fingerprint density at radius 1 is 0.260 bits per heavy atom. The molecule has 0 amide bonds. The van der Waals surface area contributed by atoms with E-state index in [0.29, 0.717) is 48.3 Å². The normalized spacial score (nSPS) is 19.8. The Hall–Kier alpha value is -7.20. The Labute approximate surface area is 580 Å². The van der Waals surface area contributed by atoms with E-state index in [2.05, 4.69) is 293 Å². The van der Waals surface area contributed by atoms with Crippen molar-refractivity contribution in [3.05, 3.63) is 263 Å². The third-order valence-electron chi connectivity index (χ3n) is 20.4. The van der Waals surface area contributed by atoms with E-state index in [1.807, 2.05) is 0 Å². The van der Waals surface area contributed by atoms with Crippen LogP contribution in [0.5, 0.6) is 23.0 Å². The van der Waals surface area contributed by atoms with Gasteiger partial charge in [0.05, 0.1) is 0 Å². The van der Waals surface area contributed by atoms with Gasteiger partial charge >= 0.3 is 0 Å². The lowest BCUT2D eigenvalue weighted by atomic mass is 10.0. The summed E-state index contributed by atoms with van der Waals surface area (Å²) in [6.45, 7) is 26.4. The minimum absolute atomic E-state index is 0.463. The molecule has 0 N–H and O–H groups in total. The first-order valence-electron chi connectivity index (χ1n) is 37.0. The molecule has 4 saturated heterocycles. The van der Waals surface area contributed by atoms with Gasteiger partial charge < -0.3 is 18.9 Å². The zero-order valence-corrected chi connectivity index (χ0v) is 59.8. The second-order valence-corrected chi connectivity index (χ2v) is 28.1. The van der Waals surface area contributed by atoms with E-state index in [1.165, 1.54) is 148 Å². The molecular formula is C88H116N4O4. The number of rotatable bonds is 24. The second kappa shape index (κ2) is 39.9. The highest BCUT2D eigenvalue weighted by molar-refractivity contribution is 5.41. The van der Waals surface area contributed by atoms with Gasteiger partial charge in [-0.15, -0.1) is 0 Å². The predicted octanol–water partition coefficient (Wildman–Crippen LogP) is 19.7. The van der Waals surface area contributed by atoms with Crippen LogP contribution < -0.4 is 18.9 Å². The van der Waals surface area contributed by atoms with Gasteiger partial charge in [-0.1, -0.05) is 220 Å². The van der Waals surface area contributed by atoms with Crippen molar-refractivity contribution in [2.24, 2.45) is 0 Å². The van der Waals surface area contributed by atoms with E-state index in [4.69, 9.17) is 18.9 Å². The van der Waals surface area contributed by atoms with Crippen molar-refractivity contribution < 1.29 is 18.9 Å². The molecule has 0 bridgehead atoms. The summed E-state index contributed by atoms with van der Waals surface area (Å²) < 4.78 is 24.9. The van der Waals surface area contributed by atoms with Crippen molar-refractivity contribution in [2.45, 2.75) is 206 Å². The van der Waals surface area contributed by atoms with E-state index in [9.17, 15) is 0 Å². The lowest BCUT2D eigenvalue weighted by Gasteiger charge is -2.37. The lowest BCUT2D eigenvalue weighted by Crippen LogP contribution is -2.46. The van der Waals surface area contributed by atoms with Crippen LogP contribution in [0.25, 0.3) is 0 Å². The fourth-order valence-electron chi connectivity index (χ4n) is 14.8. The molecule has 8 heteroatoms. The Kier molecular flexibility index (Phi) is 30.3. The van der Waals surface area contributed by atoms with E-state index in [-0.39, 0.29) is 0 Å². The first-order valence-corrected chi connectivity index (χ1v) is 37.0. The van der Waals surface area contributed by atoms with Gasteiger partial charge in [0.25, 0.3) is 0 Å². The predicted molar refractivity (Wildman–Crippen MR) is 403 cm³/mol. The summed E-state index contributed by atoms with van der Waals surface area (Å²) in [5.74, 6) is 4.10. The molecular weight excluding hydrogens is 1180 g/mol. The molecule has 8 aromatic carbocycles. The number of para-hydroxylation sites is 4. The van der Waals surface area contributed by atoms with Crippen molar-refractivity contribution in [1.29, 1.82) is 0 Å². The van der Waals surface area contributed by atoms with Crippen LogP contribution in [0.4, 0.5) is 0 Å². The largest absolute Gasteiger partial charge is 0.492 e. The maximum absolute atomic E-state index is 6.23. The summed E-state index contributed by atoms with van der Waals surface area (Å²) in [6, 6.07) is 80.8. The number of piperidine rings is 4. The minimum Gasteiger partial charge on any atom is -0.492 e. The molecule has 4 aliphatic heterocycles. The Morgan fingerprint density at radius 2 is 0.448 bits per heavy atom. The summed E-state index contributed by atoms with van der Waals surface area (Å²) >= 11 is 0. The number of likely N-dealkylation sites (tertiary alicyclic amines) is 4. The van der Waals surface area contributed by atoms with E-state index in [1.54, 1.807) is 0 Å². The molecule has 0 radical (unpaired) electrons. The van der Waals surface area contributed by atoms with Crippen LogP contribution in [-0.4, -0.2) is 121 Å². The van der Waals surface area contributed by atoms with Gasteiger partial charge in [0.1, 0.15) is 49.4 Å². The fourth-order valence-corrected chi connectivity index (χ4v) is 14.8. The van der Waals surface area contributed by atoms with E-state index >= 15 is 0 Å². The van der Waals surface area contributed by atoms with Crippen molar-refractivity contribution >= 4 is 0 Å². The van der Waals surface area contributed by atoms with Gasteiger partial charge in [-0.05, 0) is 202 Å². The highest BCUT2D eigenvalue weighted by atomic mass is 16.5. The smallest absolute Gasteiger partial charge is 0.122 e. The van der Waals surface area contributed by atoms with E-state index < -0.39 is 0 Å². The topological polar surface area (TPSA) is 49.9 Å². The molecule has 0 aromatic heterocycles. The van der Waals surface area contributed by atoms with Gasteiger partial charge in [0.15, 0.2) is 0 Å². The highest BCUT2D eigenvalue weighted by Crippen LogP contribution is 2.29. The number of benzene rings is 8. The standard InChI is InChI=1S/4C22H29NO/c4*1-18-10-8-9-15-23(18)19(2)17-24-22-14-7-6-13-21(22)16-20-11-4-3-5-12-20/h4*3-7,11-14,18-19H,8-10,15-17H2,1-2H3/t2*18?,19-;18-,19+;18-,19-/m1001/s1. The molecule has 512 valence electrons. The number of nitrogens with zero attached hydrogens (tertiary/aromatic N) is 4. The number of hydrogen-bond donors (Lipinski definition) is 0. The summed E-state index contributed by atoms with van der Waals surface area (Å²) in [7, 11) is 0. The van der Waals surface area contributed by atoms with Gasteiger partial charge in [0, 0.05) is 74.0 Å². The second-order valence-electron chi connectivity index (χ2n) is 28.1. The average Bonchev–Trinajstić information content (AvgIpc) is 3.30. The molecule has 96 heavy (non-hydrogen) atoms. The number of hydrogen-bond acceptors (Lipinski definition) is 8. The minimum atomic E-state index is 0.463. The summed E-state index contributed by atoms with van der Waals surface area (Å²) in [5, 5.41) is 0. The number of ether oxygens (including phenoxy) is 4. The summed E-state index contributed by atoms with van der Waals surface area (Å²) in [5.41, 5.74) is 10.4. The zero-order valence-electron chi connectivity index (χ0n) is 59.8. The molecule has 0 spiro atoms. The molecule has 4 heterocycles. The van der Waals surface area contributed by atoms with Gasteiger partial charge in [-0.3, -0.25) is 19.6 Å². The van der Waals surface area contributed by atoms with Crippen LogP contribution >= 0.6 is 0 Å². The molecule has 0 saturated carbocycles. The van der Waals surface area contributed by atoms with Crippen LogP contribution in [0.3, 0.4) is 0 Å². The third kappa shape index (κ3) is 23.5. The molecule has 8 nitrogen and oxygen atoms in total. The fraction of sp³-hybridized carbons (Fsp3) is 0.455. The van der Waals surface area contributed by atoms with Gasteiger partial charge in [0.2, 0.25) is 0 Å². The summed E-state index contributed by atoms with van der Waals surface area (Å²) in [6.07, 6.45) is 19.7.